The summed E-state index contributed by atoms with van der Waals surface area (Å²) < 4.78 is 5.68. The number of aromatic amines is 1. The summed E-state index contributed by atoms with van der Waals surface area (Å²) in [4.78, 5) is 7.04. The van der Waals surface area contributed by atoms with Crippen LogP contribution in [0.2, 0.25) is 0 Å². The van der Waals surface area contributed by atoms with Crippen LogP contribution in [0.5, 0.6) is 0 Å². The monoisotopic (exact) mass is 225 g/mol. The Morgan fingerprint density at radius 1 is 1.50 bits per heavy atom. The van der Waals surface area contributed by atoms with Crippen LogP contribution in [0.15, 0.2) is 12.5 Å². The maximum absolute atomic E-state index is 5.68. The number of imidazole rings is 1. The molecule has 0 aliphatic carbocycles. The van der Waals surface area contributed by atoms with Gasteiger partial charge in [-0.15, -0.1) is 0 Å². The third-order valence-corrected chi connectivity index (χ3v) is 2.60. The van der Waals surface area contributed by atoms with Crippen LogP contribution in [-0.4, -0.2) is 29.2 Å². The van der Waals surface area contributed by atoms with Crippen molar-refractivity contribution in [3.8, 4) is 0 Å². The molecule has 0 radical (unpaired) electrons. The van der Waals surface area contributed by atoms with Gasteiger partial charge in [0.2, 0.25) is 0 Å². The average Bonchev–Trinajstić information content (AvgIpc) is 2.75. The van der Waals surface area contributed by atoms with Crippen molar-refractivity contribution in [1.29, 1.82) is 0 Å². The molecule has 0 aliphatic rings. The van der Waals surface area contributed by atoms with Crippen LogP contribution < -0.4 is 5.32 Å². The summed E-state index contributed by atoms with van der Waals surface area (Å²) in [7, 11) is 0. The van der Waals surface area contributed by atoms with Crippen molar-refractivity contribution in [2.75, 3.05) is 13.2 Å². The van der Waals surface area contributed by atoms with Gasteiger partial charge in [0.15, 0.2) is 0 Å². The molecule has 1 aromatic heterocycles. The SMILES string of the molecule is CCOC(CCNCc1cnc[nH]1)C(C)C. The van der Waals surface area contributed by atoms with Gasteiger partial charge in [0.1, 0.15) is 0 Å². The van der Waals surface area contributed by atoms with E-state index in [1.165, 1.54) is 0 Å². The van der Waals surface area contributed by atoms with Gasteiger partial charge in [-0.1, -0.05) is 13.8 Å². The van der Waals surface area contributed by atoms with E-state index in [1.807, 2.05) is 13.1 Å². The van der Waals surface area contributed by atoms with Gasteiger partial charge >= 0.3 is 0 Å². The van der Waals surface area contributed by atoms with Crippen LogP contribution in [0, 0.1) is 5.92 Å². The van der Waals surface area contributed by atoms with E-state index in [9.17, 15) is 0 Å². The van der Waals surface area contributed by atoms with Crippen molar-refractivity contribution < 1.29 is 4.74 Å². The van der Waals surface area contributed by atoms with Crippen LogP contribution in [0.1, 0.15) is 32.9 Å². The lowest BCUT2D eigenvalue weighted by atomic mass is 10.0. The van der Waals surface area contributed by atoms with Gasteiger partial charge in [0, 0.05) is 25.0 Å². The normalized spacial score (nSPS) is 13.2. The van der Waals surface area contributed by atoms with Crippen LogP contribution >= 0.6 is 0 Å². The first kappa shape index (κ1) is 13.2. The molecule has 0 saturated carbocycles. The highest BCUT2D eigenvalue weighted by Crippen LogP contribution is 2.09. The van der Waals surface area contributed by atoms with E-state index in [1.54, 1.807) is 6.33 Å². The van der Waals surface area contributed by atoms with Crippen molar-refractivity contribution in [2.24, 2.45) is 5.92 Å². The van der Waals surface area contributed by atoms with Crippen LogP contribution in [0.25, 0.3) is 0 Å². The van der Waals surface area contributed by atoms with E-state index in [4.69, 9.17) is 4.74 Å². The number of H-pyrrole nitrogens is 1. The minimum absolute atomic E-state index is 0.360. The molecule has 4 heteroatoms. The zero-order chi connectivity index (χ0) is 11.8. The highest BCUT2D eigenvalue weighted by molar-refractivity contribution is 4.92. The molecule has 0 spiro atoms. The summed E-state index contributed by atoms with van der Waals surface area (Å²) in [5, 5.41) is 3.38. The first-order valence-corrected chi connectivity index (χ1v) is 6.03. The first-order chi connectivity index (χ1) is 7.74. The van der Waals surface area contributed by atoms with Crippen LogP contribution in [-0.2, 0) is 11.3 Å². The summed E-state index contributed by atoms with van der Waals surface area (Å²) in [6.45, 7) is 9.07. The molecule has 1 heterocycles. The van der Waals surface area contributed by atoms with Gasteiger partial charge in [0.05, 0.1) is 12.4 Å². The topological polar surface area (TPSA) is 49.9 Å². The highest BCUT2D eigenvalue weighted by atomic mass is 16.5. The Morgan fingerprint density at radius 3 is 2.88 bits per heavy atom. The van der Waals surface area contributed by atoms with Crippen molar-refractivity contribution in [3.05, 3.63) is 18.2 Å². The van der Waals surface area contributed by atoms with E-state index in [2.05, 4.69) is 29.1 Å². The van der Waals surface area contributed by atoms with E-state index in [-0.39, 0.29) is 0 Å². The Labute approximate surface area is 97.8 Å². The molecule has 0 fully saturated rings. The van der Waals surface area contributed by atoms with Gasteiger partial charge in [-0.2, -0.15) is 0 Å². The Bertz CT molecular complexity index is 259. The molecule has 4 nitrogen and oxygen atoms in total. The molecule has 0 aliphatic heterocycles. The summed E-state index contributed by atoms with van der Waals surface area (Å²) >= 11 is 0. The number of rotatable bonds is 8. The maximum Gasteiger partial charge on any atom is 0.0922 e. The summed E-state index contributed by atoms with van der Waals surface area (Å²) in [6.07, 6.45) is 4.96. The summed E-state index contributed by atoms with van der Waals surface area (Å²) in [5.74, 6) is 0.578. The van der Waals surface area contributed by atoms with E-state index < -0.39 is 0 Å². The lowest BCUT2D eigenvalue weighted by Crippen LogP contribution is -2.26. The van der Waals surface area contributed by atoms with Crippen molar-refractivity contribution in [3.63, 3.8) is 0 Å². The Hall–Kier alpha value is -0.870. The lowest BCUT2D eigenvalue weighted by molar-refractivity contribution is 0.0250. The molecule has 0 amide bonds. The van der Waals surface area contributed by atoms with Crippen LogP contribution in [0.4, 0.5) is 0 Å². The molecular formula is C12H23N3O. The van der Waals surface area contributed by atoms with Gasteiger partial charge in [0.25, 0.3) is 0 Å². The molecule has 1 rings (SSSR count). The smallest absolute Gasteiger partial charge is 0.0922 e. The first-order valence-electron chi connectivity index (χ1n) is 6.03. The van der Waals surface area contributed by atoms with Crippen molar-refractivity contribution >= 4 is 0 Å². The molecule has 1 atom stereocenters. The van der Waals surface area contributed by atoms with Crippen molar-refractivity contribution in [1.82, 2.24) is 15.3 Å². The number of nitrogens with one attached hydrogen (secondary N) is 2. The van der Waals surface area contributed by atoms with Crippen molar-refractivity contribution in [2.45, 2.75) is 39.8 Å². The molecule has 0 aromatic carbocycles. The molecule has 2 N–H and O–H groups in total. The molecule has 1 aromatic rings. The van der Waals surface area contributed by atoms with E-state index in [0.29, 0.717) is 12.0 Å². The highest BCUT2D eigenvalue weighted by Gasteiger charge is 2.12. The summed E-state index contributed by atoms with van der Waals surface area (Å²) in [5.41, 5.74) is 1.12. The molecule has 92 valence electrons. The number of aromatic nitrogens is 2. The Balaban J connectivity index is 2.13. The fourth-order valence-electron chi connectivity index (χ4n) is 1.67. The molecule has 16 heavy (non-hydrogen) atoms. The largest absolute Gasteiger partial charge is 0.378 e. The number of hydrogen-bond donors (Lipinski definition) is 2. The molecule has 1 unspecified atom stereocenters. The Morgan fingerprint density at radius 2 is 2.31 bits per heavy atom. The second kappa shape index (κ2) is 7.41. The predicted octanol–water partition coefficient (Wildman–Crippen LogP) is 1.95. The fraction of sp³-hybridized carbons (Fsp3) is 0.750. The Kier molecular flexibility index (Phi) is 6.11. The quantitative estimate of drug-likeness (QED) is 0.665. The number of hydrogen-bond acceptors (Lipinski definition) is 3. The number of nitrogens with zero attached hydrogens (tertiary/aromatic N) is 1. The van der Waals surface area contributed by atoms with E-state index >= 15 is 0 Å². The molecule has 0 bridgehead atoms. The van der Waals surface area contributed by atoms with Gasteiger partial charge < -0.3 is 15.0 Å². The minimum Gasteiger partial charge on any atom is -0.378 e. The van der Waals surface area contributed by atoms with E-state index in [0.717, 1.165) is 31.8 Å². The number of ether oxygens (including phenoxy) is 1. The zero-order valence-corrected chi connectivity index (χ0v) is 10.5. The molecular weight excluding hydrogens is 202 g/mol. The summed E-state index contributed by atoms with van der Waals surface area (Å²) in [6, 6.07) is 0. The van der Waals surface area contributed by atoms with Crippen LogP contribution in [0.3, 0.4) is 0 Å². The third kappa shape index (κ3) is 4.77. The van der Waals surface area contributed by atoms with Gasteiger partial charge in [-0.3, -0.25) is 0 Å². The minimum atomic E-state index is 0.360. The van der Waals surface area contributed by atoms with Gasteiger partial charge in [-0.25, -0.2) is 4.98 Å². The standard InChI is InChI=1S/C12H23N3O/c1-4-16-12(10(2)3)5-6-13-7-11-8-14-9-15-11/h8-10,12-13H,4-7H2,1-3H3,(H,14,15). The predicted molar refractivity (Wildman–Crippen MR) is 65.2 cm³/mol. The second-order valence-corrected chi connectivity index (χ2v) is 4.28. The average molecular weight is 225 g/mol. The maximum atomic E-state index is 5.68. The third-order valence-electron chi connectivity index (χ3n) is 2.60. The molecule has 0 saturated heterocycles. The van der Waals surface area contributed by atoms with Gasteiger partial charge in [-0.05, 0) is 25.8 Å². The zero-order valence-electron chi connectivity index (χ0n) is 10.5. The lowest BCUT2D eigenvalue weighted by Gasteiger charge is -2.20. The second-order valence-electron chi connectivity index (χ2n) is 4.28. The fourth-order valence-corrected chi connectivity index (χ4v) is 1.67.